The molecule has 5 nitrogen and oxygen atoms in total. The maximum Gasteiger partial charge on any atom is 0.221 e. The Hall–Kier alpha value is -2.53. The third-order valence-corrected chi connectivity index (χ3v) is 2.35. The minimum Gasteiger partial charge on any atom is -0.508 e. The number of aliphatic hydroxyl groups excluding tert-OH is 1. The second-order valence-electron chi connectivity index (χ2n) is 4.01. The molecular weight excluding hydrogens is 258 g/mol. The molecule has 0 radical (unpaired) electrons. The minimum absolute atomic E-state index is 0.104. The SMILES string of the molecule is CC(=O)Nc1ccc(O)cc1.OCc1ccccc1O. The van der Waals surface area contributed by atoms with Crippen molar-refractivity contribution in [1.82, 2.24) is 0 Å². The van der Waals surface area contributed by atoms with E-state index in [-0.39, 0.29) is 24.0 Å². The molecule has 0 atom stereocenters. The predicted octanol–water partition coefficient (Wildman–Crippen LogP) is 2.24. The van der Waals surface area contributed by atoms with Gasteiger partial charge < -0.3 is 20.6 Å². The van der Waals surface area contributed by atoms with Crippen LogP contribution in [0.1, 0.15) is 12.5 Å². The smallest absolute Gasteiger partial charge is 0.221 e. The first-order chi connectivity index (χ1) is 9.52. The van der Waals surface area contributed by atoms with Crippen LogP contribution in [-0.4, -0.2) is 21.2 Å². The molecule has 2 aromatic carbocycles. The molecule has 2 rings (SSSR count). The number of aliphatic hydroxyl groups is 1. The van der Waals surface area contributed by atoms with E-state index < -0.39 is 0 Å². The van der Waals surface area contributed by atoms with E-state index in [4.69, 9.17) is 15.3 Å². The van der Waals surface area contributed by atoms with Gasteiger partial charge in [0.2, 0.25) is 5.91 Å². The molecule has 0 unspecified atom stereocenters. The Balaban J connectivity index is 0.000000204. The predicted molar refractivity (Wildman–Crippen MR) is 76.4 cm³/mol. The summed E-state index contributed by atoms with van der Waals surface area (Å²) in [5, 5.41) is 29.0. The van der Waals surface area contributed by atoms with Crippen LogP contribution < -0.4 is 5.32 Å². The quantitative estimate of drug-likeness (QED) is 0.633. The summed E-state index contributed by atoms with van der Waals surface area (Å²) in [5.74, 6) is 0.231. The first-order valence-electron chi connectivity index (χ1n) is 5.97. The Morgan fingerprint density at radius 2 is 1.65 bits per heavy atom. The van der Waals surface area contributed by atoms with Gasteiger partial charge in [-0.15, -0.1) is 0 Å². The molecule has 0 aliphatic carbocycles. The Kier molecular flexibility index (Phi) is 6.06. The fourth-order valence-electron chi connectivity index (χ4n) is 1.39. The third-order valence-electron chi connectivity index (χ3n) is 2.35. The van der Waals surface area contributed by atoms with Gasteiger partial charge in [0.15, 0.2) is 0 Å². The number of benzene rings is 2. The molecular formula is C15H17NO4. The number of hydrogen-bond donors (Lipinski definition) is 4. The summed E-state index contributed by atoms with van der Waals surface area (Å²) < 4.78 is 0. The number of carbonyl (C=O) groups excluding carboxylic acids is 1. The van der Waals surface area contributed by atoms with E-state index in [1.165, 1.54) is 19.1 Å². The number of carbonyl (C=O) groups is 1. The van der Waals surface area contributed by atoms with E-state index in [1.54, 1.807) is 36.4 Å². The van der Waals surface area contributed by atoms with Crippen LogP contribution in [0, 0.1) is 0 Å². The lowest BCUT2D eigenvalue weighted by Crippen LogP contribution is -2.04. The van der Waals surface area contributed by atoms with Gasteiger partial charge >= 0.3 is 0 Å². The van der Waals surface area contributed by atoms with Gasteiger partial charge in [0.25, 0.3) is 0 Å². The summed E-state index contributed by atoms with van der Waals surface area (Å²) in [6.45, 7) is 1.33. The lowest BCUT2D eigenvalue weighted by molar-refractivity contribution is -0.114. The van der Waals surface area contributed by atoms with Gasteiger partial charge in [-0.3, -0.25) is 4.79 Å². The van der Waals surface area contributed by atoms with Gasteiger partial charge in [-0.05, 0) is 30.3 Å². The first-order valence-corrected chi connectivity index (χ1v) is 5.97. The number of phenols is 2. The maximum atomic E-state index is 10.5. The number of aromatic hydroxyl groups is 2. The summed E-state index contributed by atoms with van der Waals surface area (Å²) in [5.41, 5.74) is 1.26. The number of amides is 1. The summed E-state index contributed by atoms with van der Waals surface area (Å²) in [7, 11) is 0. The average molecular weight is 275 g/mol. The number of para-hydroxylation sites is 1. The fraction of sp³-hybridized carbons (Fsp3) is 0.133. The number of nitrogens with one attached hydrogen (secondary N) is 1. The summed E-state index contributed by atoms with van der Waals surface area (Å²) in [6, 6.07) is 13.0. The lowest BCUT2D eigenvalue weighted by Gasteiger charge is -1.99. The van der Waals surface area contributed by atoms with Gasteiger partial charge in [-0.2, -0.15) is 0 Å². The number of phenolic OH excluding ortho intramolecular Hbond substituents is 1. The molecule has 0 aliphatic rings. The maximum absolute atomic E-state index is 10.5. The third kappa shape index (κ3) is 5.41. The van der Waals surface area contributed by atoms with Crippen molar-refractivity contribution < 1.29 is 20.1 Å². The lowest BCUT2D eigenvalue weighted by atomic mass is 10.2. The van der Waals surface area contributed by atoms with Crippen molar-refractivity contribution in [3.05, 3.63) is 54.1 Å². The van der Waals surface area contributed by atoms with Gasteiger partial charge in [0.1, 0.15) is 11.5 Å². The molecule has 0 spiro atoms. The highest BCUT2D eigenvalue weighted by molar-refractivity contribution is 5.88. The molecule has 0 bridgehead atoms. The average Bonchev–Trinajstić information content (AvgIpc) is 2.42. The van der Waals surface area contributed by atoms with Crippen LogP contribution >= 0.6 is 0 Å². The van der Waals surface area contributed by atoms with E-state index in [9.17, 15) is 4.79 Å². The van der Waals surface area contributed by atoms with Gasteiger partial charge in [-0.25, -0.2) is 0 Å². The van der Waals surface area contributed by atoms with Crippen LogP contribution in [0.4, 0.5) is 5.69 Å². The molecule has 0 aliphatic heterocycles. The Morgan fingerprint density at radius 1 is 1.05 bits per heavy atom. The Bertz CT molecular complexity index is 552. The Morgan fingerprint density at radius 3 is 2.10 bits per heavy atom. The van der Waals surface area contributed by atoms with Crippen LogP contribution in [0.2, 0.25) is 0 Å². The second kappa shape index (κ2) is 7.81. The van der Waals surface area contributed by atoms with E-state index >= 15 is 0 Å². The molecule has 106 valence electrons. The largest absolute Gasteiger partial charge is 0.508 e. The minimum atomic E-state index is -0.115. The molecule has 4 N–H and O–H groups in total. The van der Waals surface area contributed by atoms with E-state index in [2.05, 4.69) is 5.32 Å². The molecule has 0 fully saturated rings. The Labute approximate surface area is 117 Å². The van der Waals surface area contributed by atoms with E-state index in [0.29, 0.717) is 11.3 Å². The molecule has 2 aromatic rings. The molecule has 0 saturated carbocycles. The van der Waals surface area contributed by atoms with Crippen molar-refractivity contribution in [2.75, 3.05) is 5.32 Å². The standard InChI is InChI=1S/C8H9NO2.C7H8O2/c1-6(10)9-7-2-4-8(11)5-3-7;8-5-6-3-1-2-4-7(6)9/h2-5,11H,1H3,(H,9,10);1-4,8-9H,5H2. The summed E-state index contributed by atoms with van der Waals surface area (Å²) >= 11 is 0. The first kappa shape index (κ1) is 15.5. The van der Waals surface area contributed by atoms with Crippen LogP contribution in [0.25, 0.3) is 0 Å². The normalized spacial score (nSPS) is 9.30. The number of hydrogen-bond acceptors (Lipinski definition) is 4. The van der Waals surface area contributed by atoms with Crippen LogP contribution in [0.3, 0.4) is 0 Å². The highest BCUT2D eigenvalue weighted by Gasteiger charge is 1.94. The van der Waals surface area contributed by atoms with Crippen LogP contribution in [0.5, 0.6) is 11.5 Å². The topological polar surface area (TPSA) is 89.8 Å². The molecule has 0 heterocycles. The molecule has 1 amide bonds. The molecule has 20 heavy (non-hydrogen) atoms. The zero-order valence-corrected chi connectivity index (χ0v) is 11.1. The van der Waals surface area contributed by atoms with Crippen LogP contribution in [0.15, 0.2) is 48.5 Å². The van der Waals surface area contributed by atoms with Crippen molar-refractivity contribution in [1.29, 1.82) is 0 Å². The zero-order valence-electron chi connectivity index (χ0n) is 11.1. The summed E-state index contributed by atoms with van der Waals surface area (Å²) in [6.07, 6.45) is 0. The molecule has 5 heteroatoms. The van der Waals surface area contributed by atoms with Crippen molar-refractivity contribution >= 4 is 11.6 Å². The van der Waals surface area contributed by atoms with Crippen molar-refractivity contribution in [3.8, 4) is 11.5 Å². The van der Waals surface area contributed by atoms with Crippen molar-refractivity contribution in [3.63, 3.8) is 0 Å². The van der Waals surface area contributed by atoms with E-state index in [0.717, 1.165) is 0 Å². The molecule has 0 aromatic heterocycles. The van der Waals surface area contributed by atoms with Crippen molar-refractivity contribution in [2.24, 2.45) is 0 Å². The fourth-order valence-corrected chi connectivity index (χ4v) is 1.39. The van der Waals surface area contributed by atoms with Gasteiger partial charge in [0, 0.05) is 18.2 Å². The number of rotatable bonds is 2. The summed E-state index contributed by atoms with van der Waals surface area (Å²) in [4.78, 5) is 10.5. The van der Waals surface area contributed by atoms with Crippen LogP contribution in [-0.2, 0) is 11.4 Å². The van der Waals surface area contributed by atoms with E-state index in [1.807, 2.05) is 0 Å². The van der Waals surface area contributed by atoms with Gasteiger partial charge in [-0.1, -0.05) is 18.2 Å². The highest BCUT2D eigenvalue weighted by atomic mass is 16.3. The molecule has 0 saturated heterocycles. The zero-order chi connectivity index (χ0) is 15.0. The van der Waals surface area contributed by atoms with Crippen molar-refractivity contribution in [2.45, 2.75) is 13.5 Å². The second-order valence-corrected chi connectivity index (χ2v) is 4.01. The number of anilines is 1. The van der Waals surface area contributed by atoms with Gasteiger partial charge in [0.05, 0.1) is 6.61 Å². The highest BCUT2D eigenvalue weighted by Crippen LogP contribution is 2.14. The monoisotopic (exact) mass is 275 g/mol.